The van der Waals surface area contributed by atoms with E-state index in [-0.39, 0.29) is 18.0 Å². The summed E-state index contributed by atoms with van der Waals surface area (Å²) < 4.78 is 1.05. The summed E-state index contributed by atoms with van der Waals surface area (Å²) in [5.74, 6) is 1.38. The first-order valence-corrected chi connectivity index (χ1v) is 9.05. The van der Waals surface area contributed by atoms with E-state index in [4.69, 9.17) is 5.26 Å². The van der Waals surface area contributed by atoms with Crippen LogP contribution in [0.15, 0.2) is 35.1 Å². The van der Waals surface area contributed by atoms with Crippen LogP contribution in [0.3, 0.4) is 0 Å². The van der Waals surface area contributed by atoms with Crippen molar-refractivity contribution < 1.29 is 4.79 Å². The van der Waals surface area contributed by atoms with Crippen LogP contribution in [0.1, 0.15) is 22.4 Å². The summed E-state index contributed by atoms with van der Waals surface area (Å²) in [5, 5.41) is 15.9. The zero-order valence-corrected chi connectivity index (χ0v) is 15.1. The smallest absolute Gasteiger partial charge is 0.285 e. The van der Waals surface area contributed by atoms with Crippen molar-refractivity contribution >= 4 is 17.7 Å². The molecule has 1 amide bonds. The molecule has 6 nitrogen and oxygen atoms in total. The van der Waals surface area contributed by atoms with Crippen molar-refractivity contribution in [2.24, 2.45) is 0 Å². The van der Waals surface area contributed by atoms with Gasteiger partial charge in [-0.05, 0) is 25.0 Å². The number of nitrogens with one attached hydrogen (secondary N) is 1. The molecule has 1 aromatic heterocycles. The van der Waals surface area contributed by atoms with Gasteiger partial charge in [-0.1, -0.05) is 30.3 Å². The standard InChI is InChI=1S/C18H20N4O2S/c1-13-14(2)21-22(18(24)16(13)10-19)11-17(23)20-8-9-25-12-15-6-4-3-5-7-15/h3-7H,8-9,11-12H2,1-2H3,(H,20,23). The normalized spacial score (nSPS) is 10.3. The van der Waals surface area contributed by atoms with Crippen LogP contribution in [-0.4, -0.2) is 28.0 Å². The van der Waals surface area contributed by atoms with Crippen LogP contribution in [0.4, 0.5) is 0 Å². The third-order valence-corrected chi connectivity index (χ3v) is 4.75. The number of aryl methyl sites for hydroxylation is 1. The third kappa shape index (κ3) is 5.19. The Labute approximate surface area is 150 Å². The van der Waals surface area contributed by atoms with E-state index in [2.05, 4.69) is 22.5 Å². The quantitative estimate of drug-likeness (QED) is 0.764. The lowest BCUT2D eigenvalue weighted by atomic mass is 10.1. The Balaban J connectivity index is 1.82. The topological polar surface area (TPSA) is 87.8 Å². The highest BCUT2D eigenvalue weighted by atomic mass is 32.2. The number of thioether (sulfide) groups is 1. The zero-order valence-electron chi connectivity index (χ0n) is 14.3. The largest absolute Gasteiger partial charge is 0.354 e. The van der Waals surface area contributed by atoms with Crippen LogP contribution in [0.5, 0.6) is 0 Å². The Kier molecular flexibility index (Phi) is 6.78. The number of rotatable bonds is 7. The van der Waals surface area contributed by atoms with Gasteiger partial charge in [-0.25, -0.2) is 4.68 Å². The van der Waals surface area contributed by atoms with Crippen LogP contribution >= 0.6 is 11.8 Å². The molecule has 7 heteroatoms. The highest BCUT2D eigenvalue weighted by molar-refractivity contribution is 7.98. The lowest BCUT2D eigenvalue weighted by molar-refractivity contribution is -0.121. The molecule has 0 aliphatic carbocycles. The molecule has 0 bridgehead atoms. The number of nitrogens with zero attached hydrogens (tertiary/aromatic N) is 3. The van der Waals surface area contributed by atoms with Gasteiger partial charge in [0.2, 0.25) is 5.91 Å². The average Bonchev–Trinajstić information content (AvgIpc) is 2.61. The van der Waals surface area contributed by atoms with E-state index < -0.39 is 5.56 Å². The van der Waals surface area contributed by atoms with Crippen molar-refractivity contribution in [2.45, 2.75) is 26.1 Å². The van der Waals surface area contributed by atoms with Crippen LogP contribution in [0.2, 0.25) is 0 Å². The van der Waals surface area contributed by atoms with Gasteiger partial charge in [0.15, 0.2) is 0 Å². The lowest BCUT2D eigenvalue weighted by Gasteiger charge is -2.09. The molecule has 2 aromatic rings. The minimum absolute atomic E-state index is 0.0405. The average molecular weight is 356 g/mol. The minimum Gasteiger partial charge on any atom is -0.354 e. The highest BCUT2D eigenvalue weighted by Crippen LogP contribution is 2.10. The molecule has 1 N–H and O–H groups in total. The molecule has 0 aliphatic rings. The highest BCUT2D eigenvalue weighted by Gasteiger charge is 2.13. The number of amides is 1. The predicted molar refractivity (Wildman–Crippen MR) is 98.3 cm³/mol. The molecule has 1 heterocycles. The Morgan fingerprint density at radius 1 is 1.32 bits per heavy atom. The third-order valence-electron chi connectivity index (χ3n) is 3.72. The molecule has 0 atom stereocenters. The van der Waals surface area contributed by atoms with Gasteiger partial charge in [0.1, 0.15) is 18.2 Å². The molecule has 0 aliphatic heterocycles. The molecule has 1 aromatic carbocycles. The van der Waals surface area contributed by atoms with Crippen molar-refractivity contribution in [3.05, 3.63) is 63.1 Å². The summed E-state index contributed by atoms with van der Waals surface area (Å²) in [6.07, 6.45) is 0. The van der Waals surface area contributed by atoms with Crippen molar-refractivity contribution in [1.29, 1.82) is 5.26 Å². The van der Waals surface area contributed by atoms with Crippen LogP contribution in [0.25, 0.3) is 0 Å². The number of aromatic nitrogens is 2. The number of nitriles is 1. The van der Waals surface area contributed by atoms with Gasteiger partial charge in [0, 0.05) is 18.1 Å². The van der Waals surface area contributed by atoms with E-state index in [1.807, 2.05) is 24.3 Å². The SMILES string of the molecule is Cc1nn(CC(=O)NCCSCc2ccccc2)c(=O)c(C#N)c1C. The van der Waals surface area contributed by atoms with E-state index >= 15 is 0 Å². The first-order valence-electron chi connectivity index (χ1n) is 7.89. The number of carbonyl (C=O) groups excluding carboxylic acids is 1. The van der Waals surface area contributed by atoms with Crippen LogP contribution in [-0.2, 0) is 17.1 Å². The lowest BCUT2D eigenvalue weighted by Crippen LogP contribution is -2.36. The maximum Gasteiger partial charge on any atom is 0.285 e. The summed E-state index contributed by atoms with van der Waals surface area (Å²) in [5.41, 5.74) is 1.88. The monoisotopic (exact) mass is 356 g/mol. The van der Waals surface area contributed by atoms with Gasteiger partial charge in [0.25, 0.3) is 5.56 Å². The summed E-state index contributed by atoms with van der Waals surface area (Å²) in [6, 6.07) is 12.0. The maximum absolute atomic E-state index is 12.1. The van der Waals surface area contributed by atoms with Gasteiger partial charge in [-0.3, -0.25) is 9.59 Å². The Hall–Kier alpha value is -2.59. The van der Waals surface area contributed by atoms with E-state index in [9.17, 15) is 9.59 Å². The van der Waals surface area contributed by atoms with Gasteiger partial charge in [-0.15, -0.1) is 0 Å². The fourth-order valence-electron chi connectivity index (χ4n) is 2.23. The molecule has 0 spiro atoms. The summed E-state index contributed by atoms with van der Waals surface area (Å²) >= 11 is 1.73. The number of hydrogen-bond acceptors (Lipinski definition) is 5. The number of hydrogen-bond donors (Lipinski definition) is 1. The van der Waals surface area contributed by atoms with Crippen LogP contribution in [0, 0.1) is 25.2 Å². The molecular weight excluding hydrogens is 336 g/mol. The molecule has 2 rings (SSSR count). The molecule has 0 radical (unpaired) electrons. The fraction of sp³-hybridized carbons (Fsp3) is 0.333. The van der Waals surface area contributed by atoms with Gasteiger partial charge >= 0.3 is 0 Å². The Bertz CT molecular complexity index is 841. The first kappa shape index (κ1) is 18.7. The van der Waals surface area contributed by atoms with Crippen LogP contribution < -0.4 is 10.9 Å². The molecule has 0 fully saturated rings. The molecule has 0 saturated carbocycles. The van der Waals surface area contributed by atoms with Crippen molar-refractivity contribution in [2.75, 3.05) is 12.3 Å². The van der Waals surface area contributed by atoms with Crippen molar-refractivity contribution in [3.63, 3.8) is 0 Å². The molecule has 130 valence electrons. The second kappa shape index (κ2) is 9.04. The number of benzene rings is 1. The van der Waals surface area contributed by atoms with Gasteiger partial charge in [0.05, 0.1) is 5.69 Å². The molecule has 25 heavy (non-hydrogen) atoms. The van der Waals surface area contributed by atoms with E-state index in [0.717, 1.165) is 16.2 Å². The summed E-state index contributed by atoms with van der Waals surface area (Å²) in [4.78, 5) is 24.1. The second-order valence-corrected chi connectivity index (χ2v) is 6.65. The second-order valence-electron chi connectivity index (χ2n) is 5.55. The summed E-state index contributed by atoms with van der Waals surface area (Å²) in [7, 11) is 0. The van der Waals surface area contributed by atoms with E-state index in [1.54, 1.807) is 25.6 Å². The van der Waals surface area contributed by atoms with E-state index in [1.165, 1.54) is 5.56 Å². The number of carbonyl (C=O) groups is 1. The zero-order chi connectivity index (χ0) is 18.2. The molecule has 0 unspecified atom stereocenters. The van der Waals surface area contributed by atoms with Crippen molar-refractivity contribution in [1.82, 2.24) is 15.1 Å². The van der Waals surface area contributed by atoms with E-state index in [0.29, 0.717) is 17.8 Å². The predicted octanol–water partition coefficient (Wildman–Crippen LogP) is 1.78. The van der Waals surface area contributed by atoms with Gasteiger partial charge in [-0.2, -0.15) is 22.1 Å². The summed E-state index contributed by atoms with van der Waals surface area (Å²) in [6.45, 7) is 3.72. The fourth-order valence-corrected chi connectivity index (χ4v) is 3.05. The molecular formula is C18H20N4O2S. The molecule has 0 saturated heterocycles. The minimum atomic E-state index is -0.529. The maximum atomic E-state index is 12.1. The van der Waals surface area contributed by atoms with Crippen molar-refractivity contribution in [3.8, 4) is 6.07 Å². The Morgan fingerprint density at radius 3 is 2.72 bits per heavy atom. The Morgan fingerprint density at radius 2 is 2.04 bits per heavy atom. The van der Waals surface area contributed by atoms with Gasteiger partial charge < -0.3 is 5.32 Å². The first-order chi connectivity index (χ1) is 12.0.